The Labute approximate surface area is 103 Å². The first-order valence-electron chi connectivity index (χ1n) is 6.45. The van der Waals surface area contributed by atoms with E-state index in [1.165, 1.54) is 6.42 Å². The van der Waals surface area contributed by atoms with E-state index in [9.17, 15) is 5.11 Å². The Morgan fingerprint density at radius 1 is 1.35 bits per heavy atom. The number of benzene rings is 1. The van der Waals surface area contributed by atoms with E-state index in [1.807, 2.05) is 25.1 Å². The number of nitrogens with two attached hydrogens (primary N) is 1. The third-order valence-electron chi connectivity index (χ3n) is 3.75. The highest BCUT2D eigenvalue weighted by Gasteiger charge is 2.22. The van der Waals surface area contributed by atoms with Crippen LogP contribution >= 0.6 is 0 Å². The molecule has 94 valence electrons. The standard InChI is InChI=1S/C14H22N2O/c1-10-5-4-7-12(14(10)15)16-9-11-6-2-3-8-13(11)17/h4-5,7,11,13,16-17H,2-3,6,8-9,15H2,1H3. The Kier molecular flexibility index (Phi) is 3.89. The highest BCUT2D eigenvalue weighted by Crippen LogP contribution is 2.26. The van der Waals surface area contributed by atoms with Crippen LogP contribution in [0.15, 0.2) is 18.2 Å². The Hall–Kier alpha value is -1.22. The maximum Gasteiger partial charge on any atom is 0.0585 e. The molecule has 0 heterocycles. The van der Waals surface area contributed by atoms with Crippen molar-refractivity contribution < 1.29 is 5.11 Å². The van der Waals surface area contributed by atoms with Crippen LogP contribution in [0.25, 0.3) is 0 Å². The number of nitrogens with one attached hydrogen (secondary N) is 1. The average Bonchev–Trinajstić information content (AvgIpc) is 2.33. The SMILES string of the molecule is Cc1cccc(NCC2CCCCC2O)c1N. The summed E-state index contributed by atoms with van der Waals surface area (Å²) in [5.74, 6) is 0.365. The second-order valence-corrected chi connectivity index (χ2v) is 5.03. The van der Waals surface area contributed by atoms with Gasteiger partial charge in [-0.1, -0.05) is 25.0 Å². The molecule has 3 nitrogen and oxygen atoms in total. The Morgan fingerprint density at radius 2 is 2.12 bits per heavy atom. The first-order valence-corrected chi connectivity index (χ1v) is 6.45. The zero-order valence-corrected chi connectivity index (χ0v) is 10.4. The lowest BCUT2D eigenvalue weighted by molar-refractivity contribution is 0.0763. The second kappa shape index (κ2) is 5.41. The summed E-state index contributed by atoms with van der Waals surface area (Å²) in [5.41, 5.74) is 8.91. The Bertz CT molecular complexity index is 378. The van der Waals surface area contributed by atoms with Gasteiger partial charge in [-0.2, -0.15) is 0 Å². The molecule has 2 atom stereocenters. The molecule has 2 rings (SSSR count). The summed E-state index contributed by atoms with van der Waals surface area (Å²) < 4.78 is 0. The number of hydrogen-bond donors (Lipinski definition) is 3. The molecule has 2 unspecified atom stereocenters. The summed E-state index contributed by atoms with van der Waals surface area (Å²) in [4.78, 5) is 0. The van der Waals surface area contributed by atoms with Crippen LogP contribution < -0.4 is 11.1 Å². The van der Waals surface area contributed by atoms with Crippen molar-refractivity contribution in [2.45, 2.75) is 38.7 Å². The highest BCUT2D eigenvalue weighted by atomic mass is 16.3. The molecule has 0 aliphatic heterocycles. The number of hydrogen-bond acceptors (Lipinski definition) is 3. The molecule has 0 amide bonds. The van der Waals surface area contributed by atoms with Crippen molar-refractivity contribution in [3.63, 3.8) is 0 Å². The Balaban J connectivity index is 1.95. The number of nitrogen functional groups attached to an aromatic ring is 1. The number of anilines is 2. The molecule has 4 N–H and O–H groups in total. The van der Waals surface area contributed by atoms with Gasteiger partial charge < -0.3 is 16.2 Å². The molecule has 0 spiro atoms. The van der Waals surface area contributed by atoms with Crippen molar-refractivity contribution in [3.05, 3.63) is 23.8 Å². The van der Waals surface area contributed by atoms with Crippen molar-refractivity contribution in [1.29, 1.82) is 0 Å². The van der Waals surface area contributed by atoms with Gasteiger partial charge in [-0.05, 0) is 31.4 Å². The van der Waals surface area contributed by atoms with Gasteiger partial charge in [-0.25, -0.2) is 0 Å². The summed E-state index contributed by atoms with van der Waals surface area (Å²) in [7, 11) is 0. The monoisotopic (exact) mass is 234 g/mol. The maximum absolute atomic E-state index is 9.90. The number of aliphatic hydroxyl groups is 1. The molecule has 17 heavy (non-hydrogen) atoms. The fourth-order valence-corrected chi connectivity index (χ4v) is 2.50. The number of rotatable bonds is 3. The zero-order chi connectivity index (χ0) is 12.3. The fraction of sp³-hybridized carbons (Fsp3) is 0.571. The van der Waals surface area contributed by atoms with Gasteiger partial charge in [0.25, 0.3) is 0 Å². The normalized spacial score (nSPS) is 24.6. The van der Waals surface area contributed by atoms with Crippen LogP contribution in [0.1, 0.15) is 31.2 Å². The largest absolute Gasteiger partial charge is 0.397 e. The molecule has 1 fully saturated rings. The molecule has 0 saturated heterocycles. The van der Waals surface area contributed by atoms with Crippen molar-refractivity contribution in [1.82, 2.24) is 0 Å². The molecule has 1 saturated carbocycles. The minimum Gasteiger partial charge on any atom is -0.397 e. The van der Waals surface area contributed by atoms with Crippen LogP contribution in [-0.4, -0.2) is 17.8 Å². The summed E-state index contributed by atoms with van der Waals surface area (Å²) in [6, 6.07) is 6.01. The van der Waals surface area contributed by atoms with Gasteiger partial charge in [0.05, 0.1) is 17.5 Å². The average molecular weight is 234 g/mol. The van der Waals surface area contributed by atoms with E-state index in [-0.39, 0.29) is 6.10 Å². The van der Waals surface area contributed by atoms with Gasteiger partial charge in [0.2, 0.25) is 0 Å². The predicted molar refractivity (Wildman–Crippen MR) is 72.0 cm³/mol. The third-order valence-corrected chi connectivity index (χ3v) is 3.75. The van der Waals surface area contributed by atoms with E-state index in [0.717, 1.165) is 42.7 Å². The van der Waals surface area contributed by atoms with E-state index in [2.05, 4.69) is 5.32 Å². The molecule has 0 aromatic heterocycles. The van der Waals surface area contributed by atoms with E-state index in [0.29, 0.717) is 5.92 Å². The third kappa shape index (κ3) is 2.91. The number of para-hydroxylation sites is 1. The fourth-order valence-electron chi connectivity index (χ4n) is 2.50. The first-order chi connectivity index (χ1) is 8.18. The van der Waals surface area contributed by atoms with Crippen LogP contribution in [-0.2, 0) is 0 Å². The van der Waals surface area contributed by atoms with Gasteiger partial charge in [-0.15, -0.1) is 0 Å². The second-order valence-electron chi connectivity index (χ2n) is 5.03. The van der Waals surface area contributed by atoms with E-state index in [4.69, 9.17) is 5.73 Å². The summed E-state index contributed by atoms with van der Waals surface area (Å²) in [5, 5.41) is 13.3. The van der Waals surface area contributed by atoms with Gasteiger partial charge in [0, 0.05) is 12.5 Å². The van der Waals surface area contributed by atoms with Crippen molar-refractivity contribution >= 4 is 11.4 Å². The van der Waals surface area contributed by atoms with Gasteiger partial charge >= 0.3 is 0 Å². The molecular weight excluding hydrogens is 212 g/mol. The summed E-state index contributed by atoms with van der Waals surface area (Å²) >= 11 is 0. The molecule has 1 aliphatic carbocycles. The van der Waals surface area contributed by atoms with Gasteiger partial charge in [0.1, 0.15) is 0 Å². The minimum atomic E-state index is -0.151. The minimum absolute atomic E-state index is 0.151. The van der Waals surface area contributed by atoms with Gasteiger partial charge in [-0.3, -0.25) is 0 Å². The highest BCUT2D eigenvalue weighted by molar-refractivity contribution is 5.69. The summed E-state index contributed by atoms with van der Waals surface area (Å²) in [6.45, 7) is 2.82. The molecule has 1 aromatic rings. The van der Waals surface area contributed by atoms with Crippen molar-refractivity contribution in [2.75, 3.05) is 17.6 Å². The Morgan fingerprint density at radius 3 is 2.88 bits per heavy atom. The maximum atomic E-state index is 9.90. The zero-order valence-electron chi connectivity index (χ0n) is 10.4. The first kappa shape index (κ1) is 12.2. The van der Waals surface area contributed by atoms with Crippen LogP contribution in [0.2, 0.25) is 0 Å². The lowest BCUT2D eigenvalue weighted by Gasteiger charge is -2.28. The van der Waals surface area contributed by atoms with Crippen LogP contribution in [0.4, 0.5) is 11.4 Å². The quantitative estimate of drug-likeness (QED) is 0.704. The lowest BCUT2D eigenvalue weighted by atomic mass is 9.86. The topological polar surface area (TPSA) is 58.3 Å². The molecule has 0 bridgehead atoms. The molecule has 0 radical (unpaired) electrons. The van der Waals surface area contributed by atoms with E-state index >= 15 is 0 Å². The van der Waals surface area contributed by atoms with E-state index in [1.54, 1.807) is 0 Å². The number of aryl methyl sites for hydroxylation is 1. The van der Waals surface area contributed by atoms with Crippen molar-refractivity contribution in [2.24, 2.45) is 5.92 Å². The van der Waals surface area contributed by atoms with Crippen LogP contribution in [0, 0.1) is 12.8 Å². The predicted octanol–water partition coefficient (Wildman–Crippen LogP) is 2.54. The molecular formula is C14H22N2O. The summed E-state index contributed by atoms with van der Waals surface area (Å²) in [6.07, 6.45) is 4.29. The van der Waals surface area contributed by atoms with E-state index < -0.39 is 0 Å². The van der Waals surface area contributed by atoms with Crippen LogP contribution in [0.5, 0.6) is 0 Å². The number of aliphatic hydroxyl groups excluding tert-OH is 1. The van der Waals surface area contributed by atoms with Crippen molar-refractivity contribution in [3.8, 4) is 0 Å². The molecule has 1 aliphatic rings. The molecule has 1 aromatic carbocycles. The lowest BCUT2D eigenvalue weighted by Crippen LogP contribution is -2.30. The van der Waals surface area contributed by atoms with Crippen LogP contribution in [0.3, 0.4) is 0 Å². The smallest absolute Gasteiger partial charge is 0.0585 e. The van der Waals surface area contributed by atoms with Gasteiger partial charge in [0.15, 0.2) is 0 Å². The molecule has 3 heteroatoms.